The molecule has 0 unspecified atom stereocenters. The first-order chi connectivity index (χ1) is 11.1. The number of hydrogen-bond acceptors (Lipinski definition) is 4. The molecule has 6 heteroatoms. The zero-order chi connectivity index (χ0) is 16.8. The van der Waals surface area contributed by atoms with Crippen molar-refractivity contribution in [2.24, 2.45) is 0 Å². The van der Waals surface area contributed by atoms with Crippen molar-refractivity contribution in [3.05, 3.63) is 41.7 Å². The molecular formula is C17H22FNO4. The summed E-state index contributed by atoms with van der Waals surface area (Å²) in [6, 6.07) is 6.02. The summed E-state index contributed by atoms with van der Waals surface area (Å²) >= 11 is 0. The van der Waals surface area contributed by atoms with Crippen LogP contribution in [0.5, 0.6) is 0 Å². The molecule has 1 aliphatic heterocycles. The smallest absolute Gasteiger partial charge is 0.246 e. The quantitative estimate of drug-likeness (QED) is 0.774. The van der Waals surface area contributed by atoms with E-state index in [-0.39, 0.29) is 30.0 Å². The van der Waals surface area contributed by atoms with Gasteiger partial charge >= 0.3 is 0 Å². The predicted molar refractivity (Wildman–Crippen MR) is 84.4 cm³/mol. The molecule has 0 N–H and O–H groups in total. The number of benzene rings is 1. The molecule has 0 radical (unpaired) electrons. The Labute approximate surface area is 135 Å². The molecule has 1 saturated heterocycles. The average Bonchev–Trinajstić information content (AvgIpc) is 2.59. The van der Waals surface area contributed by atoms with Crippen molar-refractivity contribution in [1.29, 1.82) is 0 Å². The van der Waals surface area contributed by atoms with Crippen LogP contribution in [0.4, 0.5) is 4.39 Å². The Hall–Kier alpha value is -1.76. The zero-order valence-corrected chi connectivity index (χ0v) is 13.6. The second kappa shape index (κ2) is 8.19. The number of halogens is 1. The second-order valence-electron chi connectivity index (χ2n) is 5.38. The van der Waals surface area contributed by atoms with E-state index < -0.39 is 0 Å². The van der Waals surface area contributed by atoms with E-state index in [1.165, 1.54) is 23.1 Å². The Morgan fingerprint density at radius 2 is 2.04 bits per heavy atom. The fourth-order valence-corrected chi connectivity index (χ4v) is 2.64. The zero-order valence-electron chi connectivity index (χ0n) is 13.6. The van der Waals surface area contributed by atoms with E-state index >= 15 is 0 Å². The minimum Gasteiger partial charge on any atom is -0.376 e. The second-order valence-corrected chi connectivity index (χ2v) is 5.38. The molecule has 1 amide bonds. The highest BCUT2D eigenvalue weighted by atomic mass is 19.1. The van der Waals surface area contributed by atoms with Crippen molar-refractivity contribution in [3.8, 4) is 0 Å². The largest absolute Gasteiger partial charge is 0.376 e. The van der Waals surface area contributed by atoms with Gasteiger partial charge in [0.05, 0.1) is 19.3 Å². The van der Waals surface area contributed by atoms with E-state index in [4.69, 9.17) is 14.2 Å². The lowest BCUT2D eigenvalue weighted by molar-refractivity contribution is -0.161. The van der Waals surface area contributed by atoms with E-state index in [1.807, 2.05) is 0 Å². The number of nitrogens with zero attached hydrogens (tertiary/aromatic N) is 1. The number of likely N-dealkylation sites (N-methyl/N-ethyl adjacent to an activating group) is 1. The summed E-state index contributed by atoms with van der Waals surface area (Å²) in [7, 11) is 4.84. The molecule has 1 aliphatic rings. The van der Waals surface area contributed by atoms with Gasteiger partial charge in [0.2, 0.25) is 5.91 Å². The van der Waals surface area contributed by atoms with Crippen molar-refractivity contribution in [3.63, 3.8) is 0 Å². The van der Waals surface area contributed by atoms with Crippen molar-refractivity contribution in [2.75, 3.05) is 34.5 Å². The standard InChI is InChI=1S/C17H22FNO4/c1-19(14-10-23-11-15(21-2)17(14)22-3)16(20)9-8-12-6-4-5-7-13(12)18/h4-9,14-15,17H,10-11H2,1-3H3/b9-8+/t14-,15-,17+/m1/s1. The van der Waals surface area contributed by atoms with Gasteiger partial charge in [0, 0.05) is 32.9 Å². The third-order valence-electron chi connectivity index (χ3n) is 4.05. The molecule has 5 nitrogen and oxygen atoms in total. The average molecular weight is 323 g/mol. The van der Waals surface area contributed by atoms with E-state index in [1.54, 1.807) is 39.5 Å². The fraction of sp³-hybridized carbons (Fsp3) is 0.471. The fourth-order valence-electron chi connectivity index (χ4n) is 2.64. The van der Waals surface area contributed by atoms with Crippen LogP contribution in [0.2, 0.25) is 0 Å². The summed E-state index contributed by atoms with van der Waals surface area (Å²) in [4.78, 5) is 13.9. The number of carbonyl (C=O) groups is 1. The van der Waals surface area contributed by atoms with Gasteiger partial charge in [-0.15, -0.1) is 0 Å². The SMILES string of the molecule is CO[C@H]1[C@H](N(C)C(=O)/C=C/c2ccccc2F)COC[C@H]1OC. The summed E-state index contributed by atoms with van der Waals surface area (Å²) in [6.45, 7) is 0.798. The highest BCUT2D eigenvalue weighted by Crippen LogP contribution is 2.19. The Balaban J connectivity index is 2.08. The van der Waals surface area contributed by atoms with Crippen molar-refractivity contribution in [1.82, 2.24) is 4.90 Å². The Morgan fingerprint density at radius 3 is 2.70 bits per heavy atom. The van der Waals surface area contributed by atoms with Crippen molar-refractivity contribution < 1.29 is 23.4 Å². The number of ether oxygens (including phenoxy) is 3. The maximum atomic E-state index is 13.6. The number of hydrogen-bond donors (Lipinski definition) is 0. The minimum absolute atomic E-state index is 0.232. The summed E-state index contributed by atoms with van der Waals surface area (Å²) in [5, 5.41) is 0. The molecule has 23 heavy (non-hydrogen) atoms. The van der Waals surface area contributed by atoms with Crippen LogP contribution in [0.3, 0.4) is 0 Å². The molecule has 1 fully saturated rings. The van der Waals surface area contributed by atoms with Gasteiger partial charge in [-0.25, -0.2) is 4.39 Å². The predicted octanol–water partition coefficient (Wildman–Crippen LogP) is 1.73. The Kier molecular flexibility index (Phi) is 6.27. The highest BCUT2D eigenvalue weighted by Gasteiger charge is 2.38. The molecule has 1 aromatic carbocycles. The summed E-state index contributed by atoms with van der Waals surface area (Å²) in [5.41, 5.74) is 0.368. The van der Waals surface area contributed by atoms with Crippen LogP contribution in [0.25, 0.3) is 6.08 Å². The van der Waals surface area contributed by atoms with Crippen molar-refractivity contribution in [2.45, 2.75) is 18.2 Å². The van der Waals surface area contributed by atoms with Crippen LogP contribution in [0, 0.1) is 5.82 Å². The molecule has 0 aliphatic carbocycles. The first-order valence-corrected chi connectivity index (χ1v) is 7.41. The van der Waals surface area contributed by atoms with Gasteiger partial charge < -0.3 is 19.1 Å². The lowest BCUT2D eigenvalue weighted by atomic mass is 10.0. The van der Waals surface area contributed by atoms with Crippen LogP contribution in [-0.2, 0) is 19.0 Å². The molecule has 0 saturated carbocycles. The normalized spacial score (nSPS) is 24.8. The van der Waals surface area contributed by atoms with Gasteiger partial charge in [-0.1, -0.05) is 18.2 Å². The maximum absolute atomic E-state index is 13.6. The van der Waals surface area contributed by atoms with Gasteiger partial charge in [-0.05, 0) is 12.1 Å². The first-order valence-electron chi connectivity index (χ1n) is 7.41. The van der Waals surface area contributed by atoms with Gasteiger partial charge in [-0.2, -0.15) is 0 Å². The van der Waals surface area contributed by atoms with Crippen LogP contribution < -0.4 is 0 Å². The van der Waals surface area contributed by atoms with Gasteiger partial charge in [0.1, 0.15) is 18.0 Å². The first kappa shape index (κ1) is 17.6. The van der Waals surface area contributed by atoms with E-state index in [2.05, 4.69) is 0 Å². The third kappa shape index (κ3) is 4.16. The van der Waals surface area contributed by atoms with Crippen LogP contribution in [-0.4, -0.2) is 63.5 Å². The molecule has 126 valence electrons. The Bertz CT molecular complexity index is 563. The summed E-state index contributed by atoms with van der Waals surface area (Å²) < 4.78 is 29.9. The number of amides is 1. The van der Waals surface area contributed by atoms with Crippen LogP contribution in [0.1, 0.15) is 5.56 Å². The van der Waals surface area contributed by atoms with E-state index in [0.717, 1.165) is 0 Å². The topological polar surface area (TPSA) is 48.0 Å². The highest BCUT2D eigenvalue weighted by molar-refractivity contribution is 5.91. The number of rotatable bonds is 5. The molecule has 3 atom stereocenters. The molecule has 1 aromatic rings. The Morgan fingerprint density at radius 1 is 1.30 bits per heavy atom. The van der Waals surface area contributed by atoms with Gasteiger partial charge in [0.15, 0.2) is 0 Å². The molecule has 2 rings (SSSR count). The maximum Gasteiger partial charge on any atom is 0.246 e. The molecule has 0 aromatic heterocycles. The number of methoxy groups -OCH3 is 2. The molecule has 0 bridgehead atoms. The molecule has 1 heterocycles. The summed E-state index contributed by atoms with van der Waals surface area (Å²) in [6.07, 6.45) is 2.31. The van der Waals surface area contributed by atoms with Gasteiger partial charge in [-0.3, -0.25) is 4.79 Å². The minimum atomic E-state index is -0.366. The summed E-state index contributed by atoms with van der Waals surface area (Å²) in [5.74, 6) is -0.616. The molecule has 0 spiro atoms. The molecular weight excluding hydrogens is 301 g/mol. The van der Waals surface area contributed by atoms with Gasteiger partial charge in [0.25, 0.3) is 0 Å². The van der Waals surface area contributed by atoms with Crippen LogP contribution >= 0.6 is 0 Å². The monoisotopic (exact) mass is 323 g/mol. The van der Waals surface area contributed by atoms with E-state index in [9.17, 15) is 9.18 Å². The lowest BCUT2D eigenvalue weighted by Crippen LogP contribution is -2.57. The van der Waals surface area contributed by atoms with Crippen molar-refractivity contribution >= 4 is 12.0 Å². The number of carbonyl (C=O) groups excluding carboxylic acids is 1. The third-order valence-corrected chi connectivity index (χ3v) is 4.05. The van der Waals surface area contributed by atoms with E-state index in [0.29, 0.717) is 18.8 Å². The lowest BCUT2D eigenvalue weighted by Gasteiger charge is -2.40. The van der Waals surface area contributed by atoms with Crippen LogP contribution in [0.15, 0.2) is 30.3 Å².